The fourth-order valence-corrected chi connectivity index (χ4v) is 6.69. The van der Waals surface area contributed by atoms with Gasteiger partial charge >= 0.3 is 5.97 Å². The molecule has 0 amide bonds. The molecular weight excluding hydrogens is 582 g/mol. The molecule has 0 saturated carbocycles. The maximum Gasteiger partial charge on any atom is 0.323 e. The number of ether oxygens (including phenoxy) is 1. The van der Waals surface area contributed by atoms with Gasteiger partial charge in [-0.1, -0.05) is 98.7 Å². The van der Waals surface area contributed by atoms with Crippen LogP contribution in [0, 0.1) is 0 Å². The van der Waals surface area contributed by atoms with Crippen LogP contribution in [0.15, 0.2) is 36.4 Å². The number of benzene rings is 3. The Balaban J connectivity index is 1.98. The predicted molar refractivity (Wildman–Crippen MR) is 185 cm³/mol. The SMILES string of the molecule is COC(=O)[C@H]1CSCc2cc(C(C)(C)C)cc(c2O)Cc2cc(C(C)(C)C)cc(c2O)Cc2cc(C(C)(C)C)cc(c2O)CN1. The third-order valence-corrected chi connectivity index (χ3v) is 9.81. The Morgan fingerprint density at radius 1 is 0.667 bits per heavy atom. The van der Waals surface area contributed by atoms with Crippen LogP contribution in [-0.2, 0) is 50.9 Å². The highest BCUT2D eigenvalue weighted by atomic mass is 32.2. The van der Waals surface area contributed by atoms with Crippen molar-refractivity contribution in [3.05, 3.63) is 86.5 Å². The van der Waals surface area contributed by atoms with E-state index in [4.69, 9.17) is 4.74 Å². The smallest absolute Gasteiger partial charge is 0.323 e. The number of esters is 1. The Bertz CT molecular complexity index is 1570. The summed E-state index contributed by atoms with van der Waals surface area (Å²) in [6, 6.07) is 11.6. The number of carbonyl (C=O) groups excluding carboxylic acids is 1. The third kappa shape index (κ3) is 7.98. The lowest BCUT2D eigenvalue weighted by molar-refractivity contribution is -0.142. The first-order valence-electron chi connectivity index (χ1n) is 15.7. The fraction of sp³-hybridized carbons (Fsp3) is 0.500. The second-order valence-corrected chi connectivity index (χ2v) is 16.5. The zero-order valence-corrected chi connectivity index (χ0v) is 29.5. The number of fused-ring (bicyclic) bond motifs is 6. The summed E-state index contributed by atoms with van der Waals surface area (Å²) in [6.07, 6.45) is 0.669. The van der Waals surface area contributed by atoms with E-state index >= 15 is 0 Å². The molecule has 4 rings (SSSR count). The molecule has 45 heavy (non-hydrogen) atoms. The van der Waals surface area contributed by atoms with Crippen LogP contribution >= 0.6 is 11.8 Å². The first-order valence-corrected chi connectivity index (χ1v) is 16.9. The average Bonchev–Trinajstić information content (AvgIpc) is 2.93. The van der Waals surface area contributed by atoms with Gasteiger partial charge in [-0.25, -0.2) is 0 Å². The van der Waals surface area contributed by atoms with E-state index in [1.165, 1.54) is 7.11 Å². The van der Waals surface area contributed by atoms with Crippen LogP contribution < -0.4 is 5.32 Å². The first-order chi connectivity index (χ1) is 20.8. The number of hydrogen-bond acceptors (Lipinski definition) is 7. The molecule has 1 aliphatic heterocycles. The minimum Gasteiger partial charge on any atom is -0.507 e. The first kappa shape index (κ1) is 34.7. The van der Waals surface area contributed by atoms with Crippen LogP contribution in [0.1, 0.15) is 112 Å². The molecule has 0 unspecified atom stereocenters. The number of nitrogens with one attached hydrogen (secondary N) is 1. The molecule has 4 N–H and O–H groups in total. The van der Waals surface area contributed by atoms with Crippen molar-refractivity contribution in [2.45, 2.75) is 110 Å². The Kier molecular flexibility index (Phi) is 9.96. The topological polar surface area (TPSA) is 99.0 Å². The number of thioether (sulfide) groups is 1. The van der Waals surface area contributed by atoms with Crippen molar-refractivity contribution in [1.82, 2.24) is 5.32 Å². The number of carbonyl (C=O) groups is 1. The summed E-state index contributed by atoms with van der Waals surface area (Å²) in [5, 5.41) is 38.3. The number of phenols is 3. The fourth-order valence-electron chi connectivity index (χ4n) is 5.65. The molecule has 6 bridgehead atoms. The Labute approximate surface area is 273 Å². The van der Waals surface area contributed by atoms with Gasteiger partial charge < -0.3 is 20.1 Å². The van der Waals surface area contributed by atoms with E-state index in [1.54, 1.807) is 11.8 Å². The Morgan fingerprint density at radius 3 is 1.42 bits per heavy atom. The summed E-state index contributed by atoms with van der Waals surface area (Å²) >= 11 is 1.54. The van der Waals surface area contributed by atoms with Crippen molar-refractivity contribution in [1.29, 1.82) is 0 Å². The van der Waals surface area contributed by atoms with E-state index in [0.29, 0.717) is 35.5 Å². The molecule has 1 aliphatic rings. The Hall–Kier alpha value is -3.16. The molecule has 1 heterocycles. The summed E-state index contributed by atoms with van der Waals surface area (Å²) < 4.78 is 5.13. The van der Waals surface area contributed by atoms with Gasteiger partial charge in [0.2, 0.25) is 0 Å². The molecule has 0 saturated heterocycles. The molecule has 244 valence electrons. The van der Waals surface area contributed by atoms with Crippen molar-refractivity contribution in [2.75, 3.05) is 12.9 Å². The summed E-state index contributed by atoms with van der Waals surface area (Å²) in [7, 11) is 1.38. The number of methoxy groups -OCH3 is 1. The zero-order chi connectivity index (χ0) is 33.5. The molecule has 3 aromatic rings. The second-order valence-electron chi connectivity index (χ2n) is 15.5. The van der Waals surface area contributed by atoms with Gasteiger partial charge in [-0.05, 0) is 55.2 Å². The van der Waals surface area contributed by atoms with Crippen LogP contribution in [0.4, 0.5) is 0 Å². The lowest BCUT2D eigenvalue weighted by Crippen LogP contribution is -2.39. The summed E-state index contributed by atoms with van der Waals surface area (Å²) in [4.78, 5) is 12.8. The molecule has 0 aliphatic carbocycles. The minimum atomic E-state index is -0.613. The van der Waals surface area contributed by atoms with Gasteiger partial charge in [0, 0.05) is 42.0 Å². The molecule has 0 fully saturated rings. The molecule has 1 atom stereocenters. The second kappa shape index (κ2) is 12.9. The van der Waals surface area contributed by atoms with Crippen LogP contribution in [0.5, 0.6) is 17.2 Å². The van der Waals surface area contributed by atoms with Crippen molar-refractivity contribution in [3.63, 3.8) is 0 Å². The normalized spacial score (nSPS) is 16.6. The number of aromatic hydroxyl groups is 3. The number of hydrogen-bond donors (Lipinski definition) is 4. The van der Waals surface area contributed by atoms with E-state index in [1.807, 2.05) is 30.3 Å². The number of phenolic OH excluding ortho intramolecular Hbond substituents is 3. The van der Waals surface area contributed by atoms with Gasteiger partial charge in [-0.15, -0.1) is 0 Å². The zero-order valence-electron chi connectivity index (χ0n) is 28.6. The predicted octanol–water partition coefficient (Wildman–Crippen LogP) is 7.76. The molecule has 0 spiro atoms. The van der Waals surface area contributed by atoms with Crippen molar-refractivity contribution < 1.29 is 24.9 Å². The van der Waals surface area contributed by atoms with Gasteiger partial charge in [-0.2, -0.15) is 11.8 Å². The van der Waals surface area contributed by atoms with Crippen LogP contribution in [0.3, 0.4) is 0 Å². The lowest BCUT2D eigenvalue weighted by atomic mass is 9.81. The highest BCUT2D eigenvalue weighted by Gasteiger charge is 2.26. The van der Waals surface area contributed by atoms with Gasteiger partial charge in [0.25, 0.3) is 0 Å². The van der Waals surface area contributed by atoms with Crippen LogP contribution in [-0.4, -0.2) is 40.2 Å². The molecule has 7 heteroatoms. The third-order valence-electron chi connectivity index (χ3n) is 8.73. The highest BCUT2D eigenvalue weighted by molar-refractivity contribution is 7.98. The van der Waals surface area contributed by atoms with Crippen molar-refractivity contribution >= 4 is 17.7 Å². The van der Waals surface area contributed by atoms with E-state index in [2.05, 4.69) is 73.7 Å². The maximum atomic E-state index is 12.8. The maximum absolute atomic E-state index is 12.8. The van der Waals surface area contributed by atoms with E-state index < -0.39 is 6.04 Å². The van der Waals surface area contributed by atoms with E-state index in [9.17, 15) is 20.1 Å². The van der Waals surface area contributed by atoms with E-state index in [-0.39, 0.29) is 46.0 Å². The van der Waals surface area contributed by atoms with Crippen molar-refractivity contribution in [3.8, 4) is 17.2 Å². The quantitative estimate of drug-likeness (QED) is 0.203. The largest absolute Gasteiger partial charge is 0.507 e. The minimum absolute atomic E-state index is 0.150. The van der Waals surface area contributed by atoms with Crippen molar-refractivity contribution in [2.24, 2.45) is 0 Å². The van der Waals surface area contributed by atoms with Gasteiger partial charge in [0.1, 0.15) is 23.3 Å². The lowest BCUT2D eigenvalue weighted by Gasteiger charge is -2.25. The van der Waals surface area contributed by atoms with Gasteiger partial charge in [-0.3, -0.25) is 10.1 Å². The standard InChI is InChI=1S/C38H51NO5S/c1-36(2,3)28-13-22-11-24-15-29(37(4,5)6)17-26(33(24)41)19-39-31(35(43)44-10)21-45-20-27-18-30(38(7,8)9)16-25(34(27)42)12-23(14-28)32(22)40/h13-18,31,39-42H,11-12,19-21H2,1-10H3/t31-/m1/s1. The number of rotatable bonds is 1. The van der Waals surface area contributed by atoms with Gasteiger partial charge in [0.05, 0.1) is 7.11 Å². The molecule has 3 aromatic carbocycles. The van der Waals surface area contributed by atoms with Gasteiger partial charge in [0.15, 0.2) is 0 Å². The average molecular weight is 634 g/mol. The summed E-state index contributed by atoms with van der Waals surface area (Å²) in [5.74, 6) is 1.07. The molecule has 0 aromatic heterocycles. The van der Waals surface area contributed by atoms with Crippen LogP contribution in [0.25, 0.3) is 0 Å². The summed E-state index contributed by atoms with van der Waals surface area (Å²) in [5.41, 5.74) is 7.05. The monoisotopic (exact) mass is 633 g/mol. The van der Waals surface area contributed by atoms with Crippen LogP contribution in [0.2, 0.25) is 0 Å². The molecule has 0 radical (unpaired) electrons. The molecular formula is C38H51NO5S. The summed E-state index contributed by atoms with van der Waals surface area (Å²) in [6.45, 7) is 19.5. The Morgan fingerprint density at radius 2 is 1.02 bits per heavy atom. The van der Waals surface area contributed by atoms with E-state index in [0.717, 1.165) is 38.9 Å². The molecule has 6 nitrogen and oxygen atoms in total. The highest BCUT2D eigenvalue weighted by Crippen LogP contribution is 2.40.